The van der Waals surface area contributed by atoms with Crippen LogP contribution in [0, 0.1) is 5.92 Å². The van der Waals surface area contributed by atoms with Crippen molar-refractivity contribution in [1.82, 2.24) is 4.90 Å². The SMILES string of the molecule is NC1C(CCO)CN(Cc2ccccc2)C1c1ccccc1. The van der Waals surface area contributed by atoms with E-state index in [9.17, 15) is 5.11 Å². The number of hydrogen-bond donors (Lipinski definition) is 2. The van der Waals surface area contributed by atoms with Gasteiger partial charge in [0.1, 0.15) is 0 Å². The highest BCUT2D eigenvalue weighted by atomic mass is 16.3. The van der Waals surface area contributed by atoms with Crippen LogP contribution >= 0.6 is 0 Å². The summed E-state index contributed by atoms with van der Waals surface area (Å²) < 4.78 is 0. The molecule has 3 rings (SSSR count). The number of benzene rings is 2. The summed E-state index contributed by atoms with van der Waals surface area (Å²) in [5.41, 5.74) is 9.11. The molecule has 0 aliphatic carbocycles. The summed E-state index contributed by atoms with van der Waals surface area (Å²) in [4.78, 5) is 2.45. The zero-order chi connectivity index (χ0) is 15.4. The van der Waals surface area contributed by atoms with Crippen molar-refractivity contribution >= 4 is 0 Å². The van der Waals surface area contributed by atoms with E-state index in [1.807, 2.05) is 12.1 Å². The molecule has 0 radical (unpaired) electrons. The first kappa shape index (κ1) is 15.2. The van der Waals surface area contributed by atoms with Crippen molar-refractivity contribution in [3.05, 3.63) is 71.8 Å². The molecular formula is C19H24N2O. The summed E-state index contributed by atoms with van der Waals surface area (Å²) in [5.74, 6) is 0.346. The number of nitrogens with two attached hydrogens (primary N) is 1. The van der Waals surface area contributed by atoms with Gasteiger partial charge in [0.05, 0.1) is 6.04 Å². The average Bonchev–Trinajstić information content (AvgIpc) is 2.85. The Hall–Kier alpha value is -1.68. The van der Waals surface area contributed by atoms with Crippen LogP contribution in [-0.2, 0) is 6.54 Å². The zero-order valence-electron chi connectivity index (χ0n) is 12.8. The summed E-state index contributed by atoms with van der Waals surface area (Å²) in [6.07, 6.45) is 0.774. The van der Waals surface area contributed by atoms with Gasteiger partial charge >= 0.3 is 0 Å². The quantitative estimate of drug-likeness (QED) is 0.891. The van der Waals surface area contributed by atoms with Crippen molar-refractivity contribution in [1.29, 1.82) is 0 Å². The Bertz CT molecular complexity index is 573. The smallest absolute Gasteiger partial charge is 0.0506 e. The lowest BCUT2D eigenvalue weighted by Gasteiger charge is -2.27. The number of aliphatic hydroxyl groups is 1. The molecule has 3 N–H and O–H groups in total. The minimum absolute atomic E-state index is 0.0678. The van der Waals surface area contributed by atoms with Crippen molar-refractivity contribution in [2.75, 3.05) is 13.2 Å². The van der Waals surface area contributed by atoms with Crippen LogP contribution in [0.1, 0.15) is 23.6 Å². The monoisotopic (exact) mass is 296 g/mol. The third-order valence-corrected chi connectivity index (χ3v) is 4.64. The molecule has 3 heteroatoms. The van der Waals surface area contributed by atoms with E-state index in [-0.39, 0.29) is 18.7 Å². The van der Waals surface area contributed by atoms with Crippen molar-refractivity contribution in [3.63, 3.8) is 0 Å². The number of rotatable bonds is 5. The van der Waals surface area contributed by atoms with Gasteiger partial charge < -0.3 is 10.8 Å². The summed E-state index contributed by atoms with van der Waals surface area (Å²) in [6, 6.07) is 21.3. The molecule has 0 amide bonds. The number of likely N-dealkylation sites (tertiary alicyclic amines) is 1. The minimum Gasteiger partial charge on any atom is -0.396 e. The van der Waals surface area contributed by atoms with Crippen LogP contribution in [0.15, 0.2) is 60.7 Å². The van der Waals surface area contributed by atoms with E-state index < -0.39 is 0 Å². The predicted molar refractivity (Wildman–Crippen MR) is 89.2 cm³/mol. The number of aliphatic hydroxyl groups excluding tert-OH is 1. The first-order valence-corrected chi connectivity index (χ1v) is 7.99. The molecule has 0 bridgehead atoms. The summed E-state index contributed by atoms with van der Waals surface area (Å²) in [5, 5.41) is 9.30. The van der Waals surface area contributed by atoms with E-state index in [0.717, 1.165) is 19.5 Å². The average molecular weight is 296 g/mol. The second-order valence-electron chi connectivity index (χ2n) is 6.12. The largest absolute Gasteiger partial charge is 0.396 e. The molecule has 1 aliphatic rings. The van der Waals surface area contributed by atoms with Crippen LogP contribution in [0.5, 0.6) is 0 Å². The van der Waals surface area contributed by atoms with Crippen LogP contribution in [-0.4, -0.2) is 29.2 Å². The Labute approximate surface area is 132 Å². The third-order valence-electron chi connectivity index (χ3n) is 4.64. The maximum atomic E-state index is 9.30. The first-order valence-electron chi connectivity index (χ1n) is 7.99. The molecule has 2 aromatic carbocycles. The molecule has 1 fully saturated rings. The Morgan fingerprint density at radius 1 is 1.00 bits per heavy atom. The van der Waals surface area contributed by atoms with E-state index in [2.05, 4.69) is 53.4 Å². The molecule has 0 spiro atoms. The van der Waals surface area contributed by atoms with Crippen molar-refractivity contribution in [3.8, 4) is 0 Å². The summed E-state index contributed by atoms with van der Waals surface area (Å²) >= 11 is 0. The normalized spacial score (nSPS) is 25.5. The molecule has 22 heavy (non-hydrogen) atoms. The molecule has 0 saturated carbocycles. The van der Waals surface area contributed by atoms with Gasteiger partial charge in [0.2, 0.25) is 0 Å². The molecule has 0 aromatic heterocycles. The van der Waals surface area contributed by atoms with E-state index >= 15 is 0 Å². The van der Waals surface area contributed by atoms with Gasteiger partial charge in [-0.25, -0.2) is 0 Å². The highest BCUT2D eigenvalue weighted by Crippen LogP contribution is 2.36. The lowest BCUT2D eigenvalue weighted by Crippen LogP contribution is -2.34. The van der Waals surface area contributed by atoms with Gasteiger partial charge in [-0.1, -0.05) is 60.7 Å². The van der Waals surface area contributed by atoms with Gasteiger partial charge in [-0.2, -0.15) is 0 Å². The Morgan fingerprint density at radius 3 is 2.27 bits per heavy atom. The van der Waals surface area contributed by atoms with Crippen LogP contribution in [0.2, 0.25) is 0 Å². The number of nitrogens with zero attached hydrogens (tertiary/aromatic N) is 1. The van der Waals surface area contributed by atoms with Crippen LogP contribution < -0.4 is 5.73 Å². The van der Waals surface area contributed by atoms with Crippen molar-refractivity contribution in [2.45, 2.75) is 25.0 Å². The number of hydrogen-bond acceptors (Lipinski definition) is 3. The molecule has 3 nitrogen and oxygen atoms in total. The molecule has 1 aliphatic heterocycles. The fourth-order valence-corrected chi connectivity index (χ4v) is 3.55. The Morgan fingerprint density at radius 2 is 1.64 bits per heavy atom. The topological polar surface area (TPSA) is 49.5 Å². The zero-order valence-corrected chi connectivity index (χ0v) is 12.8. The Kier molecular flexibility index (Phi) is 4.88. The van der Waals surface area contributed by atoms with E-state index in [1.54, 1.807) is 0 Å². The van der Waals surface area contributed by atoms with Crippen LogP contribution in [0.25, 0.3) is 0 Å². The molecular weight excluding hydrogens is 272 g/mol. The maximum Gasteiger partial charge on any atom is 0.0506 e. The van der Waals surface area contributed by atoms with Crippen molar-refractivity contribution in [2.24, 2.45) is 11.7 Å². The highest BCUT2D eigenvalue weighted by Gasteiger charge is 2.39. The molecule has 116 valence electrons. The third kappa shape index (κ3) is 3.22. The van der Waals surface area contributed by atoms with E-state index in [4.69, 9.17) is 5.73 Å². The van der Waals surface area contributed by atoms with Crippen LogP contribution in [0.3, 0.4) is 0 Å². The fraction of sp³-hybridized carbons (Fsp3) is 0.368. The van der Waals surface area contributed by atoms with E-state index in [1.165, 1.54) is 11.1 Å². The molecule has 2 aromatic rings. The van der Waals surface area contributed by atoms with Gasteiger partial charge in [-0.05, 0) is 23.5 Å². The van der Waals surface area contributed by atoms with Gasteiger partial charge in [0, 0.05) is 25.7 Å². The molecule has 3 atom stereocenters. The summed E-state index contributed by atoms with van der Waals surface area (Å²) in [7, 11) is 0. The minimum atomic E-state index is 0.0678. The molecule has 1 saturated heterocycles. The fourth-order valence-electron chi connectivity index (χ4n) is 3.55. The second-order valence-corrected chi connectivity index (χ2v) is 6.12. The van der Waals surface area contributed by atoms with Gasteiger partial charge in [-0.15, -0.1) is 0 Å². The van der Waals surface area contributed by atoms with Gasteiger partial charge in [0.15, 0.2) is 0 Å². The lowest BCUT2D eigenvalue weighted by atomic mass is 9.92. The van der Waals surface area contributed by atoms with Gasteiger partial charge in [0.25, 0.3) is 0 Å². The highest BCUT2D eigenvalue weighted by molar-refractivity contribution is 5.24. The first-order chi connectivity index (χ1) is 10.8. The predicted octanol–water partition coefficient (Wildman–Crippen LogP) is 2.57. The summed E-state index contributed by atoms with van der Waals surface area (Å²) in [6.45, 7) is 2.05. The molecule has 1 heterocycles. The van der Waals surface area contributed by atoms with Crippen LogP contribution in [0.4, 0.5) is 0 Å². The van der Waals surface area contributed by atoms with Crippen molar-refractivity contribution < 1.29 is 5.11 Å². The second kappa shape index (κ2) is 7.05. The van der Waals surface area contributed by atoms with E-state index in [0.29, 0.717) is 5.92 Å². The maximum absolute atomic E-state index is 9.30. The van der Waals surface area contributed by atoms with Gasteiger partial charge in [-0.3, -0.25) is 4.90 Å². The lowest BCUT2D eigenvalue weighted by molar-refractivity contribution is 0.231. The standard InChI is InChI=1S/C19H24N2O/c20-18-17(11-12-22)14-21(13-15-7-3-1-4-8-15)19(18)16-9-5-2-6-10-16/h1-10,17-19,22H,11-14,20H2. The molecule has 3 unspecified atom stereocenters. The Balaban J connectivity index is 1.85.